The molecule has 0 fully saturated rings. The van der Waals surface area contributed by atoms with E-state index in [4.69, 9.17) is 37.9 Å². The van der Waals surface area contributed by atoms with E-state index in [-0.39, 0.29) is 30.2 Å². The van der Waals surface area contributed by atoms with Gasteiger partial charge in [0.25, 0.3) is 0 Å². The van der Waals surface area contributed by atoms with Crippen molar-refractivity contribution in [1.29, 1.82) is 0 Å². The molecule has 16 heteroatoms. The summed E-state index contributed by atoms with van der Waals surface area (Å²) in [7, 11) is -5.17. The summed E-state index contributed by atoms with van der Waals surface area (Å²) >= 11 is 0. The predicted octanol–water partition coefficient (Wildman–Crippen LogP) is -3.41. The molecule has 0 atom stereocenters. The Morgan fingerprint density at radius 1 is 0.654 bits per heavy atom. The molecular weight excluding hydrogens is 436 g/mol. The molecule has 26 heavy (non-hydrogen) atoms. The Morgan fingerprint density at radius 3 is 0.923 bits per heavy atom. The van der Waals surface area contributed by atoms with Crippen LogP contribution in [0, 0.1) is 0 Å². The molecule has 0 aromatic rings. The second kappa shape index (κ2) is 14.4. The number of nitrogens with zero attached hydrogens (tertiary/aromatic N) is 2. The van der Waals surface area contributed by atoms with Gasteiger partial charge in [-0.3, -0.25) is 37.4 Å². The molecule has 0 spiro atoms. The van der Waals surface area contributed by atoms with Gasteiger partial charge in [0.1, 0.15) is 0 Å². The van der Waals surface area contributed by atoms with Gasteiger partial charge in [0.2, 0.25) is 0 Å². The molecule has 0 aliphatic heterocycles. The van der Waals surface area contributed by atoms with Gasteiger partial charge in [0.15, 0.2) is 0 Å². The number of carboxylic acid groups (broad SMARTS) is 4. The number of hydrogen-bond donors (Lipinski definition) is 4. The van der Waals surface area contributed by atoms with Gasteiger partial charge in [0.05, 0.1) is 26.2 Å². The van der Waals surface area contributed by atoms with Crippen LogP contribution in [0.5, 0.6) is 0 Å². The minimum Gasteiger partial charge on any atom is -0.759 e. The van der Waals surface area contributed by atoms with Crippen LogP contribution in [0.1, 0.15) is 0 Å². The van der Waals surface area contributed by atoms with Crippen molar-refractivity contribution in [3.05, 3.63) is 0 Å². The molecule has 0 saturated carbocycles. The second-order valence-corrected chi connectivity index (χ2v) is 5.22. The first kappa shape index (κ1) is 29.0. The van der Waals surface area contributed by atoms with Crippen molar-refractivity contribution in [1.82, 2.24) is 9.80 Å². The Bertz CT molecular complexity index is 505. The molecule has 0 rings (SSSR count). The number of rotatable bonds is 11. The molecule has 0 bridgehead atoms. The normalized spacial score (nSPS) is 10.5. The zero-order chi connectivity index (χ0) is 20.2. The van der Waals surface area contributed by atoms with Crippen molar-refractivity contribution in [3.63, 3.8) is 0 Å². The maximum atomic E-state index is 10.6. The van der Waals surface area contributed by atoms with Crippen molar-refractivity contribution in [3.8, 4) is 0 Å². The van der Waals surface area contributed by atoms with E-state index in [1.54, 1.807) is 0 Å². The summed E-state index contributed by atoms with van der Waals surface area (Å²) in [6.07, 6.45) is 0. The Labute approximate surface area is 158 Å². The number of carboxylic acids is 4. The Kier molecular flexibility index (Phi) is 16.0. The minimum atomic E-state index is -5.17. The fourth-order valence-electron chi connectivity index (χ4n) is 1.48. The SMILES string of the molecule is O=C(O)CN(CCN(CC(=O)O)CC(=O)O)CC(=O)O.O=S(=O)([O-])[O-].[Cu+2]. The summed E-state index contributed by atoms with van der Waals surface area (Å²) in [5.41, 5.74) is 0. The molecule has 1 radical (unpaired) electrons. The summed E-state index contributed by atoms with van der Waals surface area (Å²) in [4.78, 5) is 44.4. The van der Waals surface area contributed by atoms with Crippen LogP contribution in [-0.2, 0) is 46.6 Å². The van der Waals surface area contributed by atoms with Gasteiger partial charge in [-0.15, -0.1) is 0 Å². The van der Waals surface area contributed by atoms with Gasteiger partial charge in [-0.2, -0.15) is 0 Å². The third-order valence-electron chi connectivity index (χ3n) is 2.17. The summed E-state index contributed by atoms with van der Waals surface area (Å²) in [5.74, 6) is -4.91. The van der Waals surface area contributed by atoms with Crippen molar-refractivity contribution in [2.24, 2.45) is 0 Å². The maximum Gasteiger partial charge on any atom is 2.00 e. The van der Waals surface area contributed by atoms with Crippen molar-refractivity contribution in [2.75, 3.05) is 39.3 Å². The molecule has 0 aliphatic carbocycles. The first-order valence-electron chi connectivity index (χ1n) is 6.19. The van der Waals surface area contributed by atoms with Gasteiger partial charge >= 0.3 is 40.9 Å². The van der Waals surface area contributed by atoms with Gasteiger partial charge in [-0.1, -0.05) is 0 Å². The van der Waals surface area contributed by atoms with Gasteiger partial charge in [0, 0.05) is 23.5 Å². The maximum absolute atomic E-state index is 10.6. The molecule has 155 valence electrons. The fourth-order valence-corrected chi connectivity index (χ4v) is 1.48. The van der Waals surface area contributed by atoms with E-state index in [2.05, 4.69) is 0 Å². The van der Waals surface area contributed by atoms with Crippen molar-refractivity contribution < 1.29 is 74.2 Å². The van der Waals surface area contributed by atoms with Crippen LogP contribution in [0.4, 0.5) is 0 Å². The van der Waals surface area contributed by atoms with Crippen LogP contribution < -0.4 is 0 Å². The third kappa shape index (κ3) is 27.1. The first-order chi connectivity index (χ1) is 11.2. The van der Waals surface area contributed by atoms with Crippen molar-refractivity contribution >= 4 is 34.3 Å². The van der Waals surface area contributed by atoms with Crippen LogP contribution in [0.25, 0.3) is 0 Å². The molecule has 0 amide bonds. The van der Waals surface area contributed by atoms with E-state index in [1.807, 2.05) is 0 Å². The zero-order valence-electron chi connectivity index (χ0n) is 12.9. The van der Waals surface area contributed by atoms with Crippen LogP contribution in [0.15, 0.2) is 0 Å². The van der Waals surface area contributed by atoms with Crippen LogP contribution in [0.3, 0.4) is 0 Å². The molecule has 0 aromatic heterocycles. The Morgan fingerprint density at radius 2 is 0.808 bits per heavy atom. The average molecular weight is 452 g/mol. The van der Waals surface area contributed by atoms with Crippen LogP contribution >= 0.6 is 0 Å². The van der Waals surface area contributed by atoms with Crippen molar-refractivity contribution in [2.45, 2.75) is 0 Å². The standard InChI is InChI=1S/C10H16N2O8.Cu.H2O4S/c13-7(14)3-11(4-8(15)16)1-2-12(5-9(17)18)6-10(19)20;;1-5(2,3)4/h1-6H2,(H,13,14)(H,15,16)(H,17,18)(H,19,20);;(H2,1,2,3,4)/q;+2;/p-2. The summed E-state index contributed by atoms with van der Waals surface area (Å²) in [6.45, 7) is -2.25. The number of carbonyl (C=O) groups is 4. The van der Waals surface area contributed by atoms with E-state index in [1.165, 1.54) is 0 Å². The van der Waals surface area contributed by atoms with Crippen LogP contribution in [0.2, 0.25) is 0 Å². The summed E-state index contributed by atoms with van der Waals surface area (Å²) < 4.78 is 34.1. The van der Waals surface area contributed by atoms with Gasteiger partial charge in [-0.25, -0.2) is 0 Å². The molecule has 0 unspecified atom stereocenters. The molecule has 14 nitrogen and oxygen atoms in total. The summed E-state index contributed by atoms with van der Waals surface area (Å²) in [6, 6.07) is 0. The van der Waals surface area contributed by atoms with E-state index in [9.17, 15) is 19.2 Å². The topological polar surface area (TPSA) is 236 Å². The fraction of sp³-hybridized carbons (Fsp3) is 0.600. The molecule has 4 N–H and O–H groups in total. The Balaban J connectivity index is -0.000000772. The monoisotopic (exact) mass is 451 g/mol. The van der Waals surface area contributed by atoms with Gasteiger partial charge < -0.3 is 29.5 Å². The van der Waals surface area contributed by atoms with E-state index >= 15 is 0 Å². The average Bonchev–Trinajstić information content (AvgIpc) is 2.30. The largest absolute Gasteiger partial charge is 2.00 e. The minimum absolute atomic E-state index is 0. The number of hydrogen-bond acceptors (Lipinski definition) is 10. The molecule has 0 heterocycles. The summed E-state index contributed by atoms with van der Waals surface area (Å²) in [5, 5.41) is 34.5. The first-order valence-corrected chi connectivity index (χ1v) is 7.52. The van der Waals surface area contributed by atoms with E-state index in [0.29, 0.717) is 0 Å². The third-order valence-corrected chi connectivity index (χ3v) is 2.17. The molecule has 0 saturated heterocycles. The number of aliphatic carboxylic acids is 4. The van der Waals surface area contributed by atoms with E-state index < -0.39 is 60.5 Å². The van der Waals surface area contributed by atoms with E-state index in [0.717, 1.165) is 9.80 Å². The molecule has 0 aromatic carbocycles. The molecular formula is C10H16CuN2O12S. The van der Waals surface area contributed by atoms with Gasteiger partial charge in [-0.05, 0) is 0 Å². The quantitative estimate of drug-likeness (QED) is 0.136. The zero-order valence-corrected chi connectivity index (χ0v) is 14.7. The smallest absolute Gasteiger partial charge is 0.759 e. The second-order valence-electron chi connectivity index (χ2n) is 4.40. The molecule has 0 aliphatic rings. The van der Waals surface area contributed by atoms with Crippen LogP contribution in [-0.4, -0.2) is 111 Å². The predicted molar refractivity (Wildman–Crippen MR) is 73.9 cm³/mol. The Hall–Kier alpha value is -1.81.